The number of hydrogen-bond acceptors (Lipinski definition) is 3. The van der Waals surface area contributed by atoms with Crippen molar-refractivity contribution in [2.24, 2.45) is 0 Å². The molecule has 0 aromatic heterocycles. The third-order valence-electron chi connectivity index (χ3n) is 2.38. The Kier molecular flexibility index (Phi) is 4.49. The Balaban J connectivity index is 2.39. The fourth-order valence-corrected chi connectivity index (χ4v) is 2.64. The average Bonchev–Trinajstić information content (AvgIpc) is 2.97. The van der Waals surface area contributed by atoms with Gasteiger partial charge in [0.2, 0.25) is 15.9 Å². The van der Waals surface area contributed by atoms with Crippen LogP contribution in [0.15, 0.2) is 12.7 Å². The van der Waals surface area contributed by atoms with Gasteiger partial charge in [-0.25, -0.2) is 8.42 Å². The molecule has 1 aliphatic carbocycles. The molecule has 1 rings (SSSR count). The lowest BCUT2D eigenvalue weighted by Gasteiger charge is -2.18. The van der Waals surface area contributed by atoms with E-state index in [9.17, 15) is 13.2 Å². The first kappa shape index (κ1) is 13.2. The number of carbonyl (C=O) groups is 1. The zero-order valence-corrected chi connectivity index (χ0v) is 10.3. The molecule has 0 bridgehead atoms. The molecule has 0 atom stereocenters. The normalized spacial score (nSPS) is 16.1. The van der Waals surface area contributed by atoms with Crippen LogP contribution in [0.25, 0.3) is 0 Å². The molecule has 1 amide bonds. The maximum atomic E-state index is 11.4. The smallest absolute Gasteiger partial charge is 0.221 e. The van der Waals surface area contributed by atoms with Gasteiger partial charge in [0.25, 0.3) is 0 Å². The number of carbonyl (C=O) groups excluding carboxylic acids is 1. The standard InChI is InChI=1S/C10H18N2O3S/c1-3-7-11-10(13)6-8-12(9-4-5-9)16(2,14)15/h3,9H,1,4-8H2,2H3,(H,11,13). The van der Waals surface area contributed by atoms with Gasteiger partial charge in [-0.05, 0) is 12.8 Å². The molecule has 6 heteroatoms. The largest absolute Gasteiger partial charge is 0.353 e. The second-order valence-corrected chi connectivity index (χ2v) is 5.88. The van der Waals surface area contributed by atoms with Gasteiger partial charge in [0, 0.05) is 25.6 Å². The van der Waals surface area contributed by atoms with E-state index in [1.54, 1.807) is 6.08 Å². The van der Waals surface area contributed by atoms with Crippen LogP contribution in [0.3, 0.4) is 0 Å². The molecule has 16 heavy (non-hydrogen) atoms. The van der Waals surface area contributed by atoms with E-state index in [2.05, 4.69) is 11.9 Å². The molecule has 1 N–H and O–H groups in total. The molecule has 0 spiro atoms. The Bertz CT molecular complexity index is 360. The van der Waals surface area contributed by atoms with E-state index in [1.807, 2.05) is 0 Å². The fourth-order valence-electron chi connectivity index (χ4n) is 1.47. The maximum absolute atomic E-state index is 11.4. The van der Waals surface area contributed by atoms with Gasteiger partial charge in [-0.1, -0.05) is 6.08 Å². The van der Waals surface area contributed by atoms with E-state index >= 15 is 0 Å². The molecular formula is C10H18N2O3S. The molecule has 0 saturated heterocycles. The first-order chi connectivity index (χ1) is 7.45. The molecule has 5 nitrogen and oxygen atoms in total. The quantitative estimate of drug-likeness (QED) is 0.648. The summed E-state index contributed by atoms with van der Waals surface area (Å²) in [5, 5.41) is 2.62. The Hall–Kier alpha value is -0.880. The SMILES string of the molecule is C=CCNC(=O)CCN(C1CC1)S(C)(=O)=O. The predicted octanol–water partition coefficient (Wildman–Crippen LogP) is 0.103. The second-order valence-electron chi connectivity index (χ2n) is 3.95. The molecule has 0 radical (unpaired) electrons. The van der Waals surface area contributed by atoms with Crippen molar-refractivity contribution in [3.05, 3.63) is 12.7 Å². The van der Waals surface area contributed by atoms with Crippen molar-refractivity contribution >= 4 is 15.9 Å². The lowest BCUT2D eigenvalue weighted by Crippen LogP contribution is -2.36. The average molecular weight is 246 g/mol. The lowest BCUT2D eigenvalue weighted by atomic mass is 10.4. The molecular weight excluding hydrogens is 228 g/mol. The third kappa shape index (κ3) is 4.32. The molecule has 0 aromatic rings. The van der Waals surface area contributed by atoms with Gasteiger partial charge in [0.1, 0.15) is 0 Å². The van der Waals surface area contributed by atoms with Gasteiger partial charge in [0.15, 0.2) is 0 Å². The van der Waals surface area contributed by atoms with Gasteiger partial charge < -0.3 is 5.32 Å². The molecule has 0 aliphatic heterocycles. The Morgan fingerprint density at radius 1 is 1.56 bits per heavy atom. The minimum atomic E-state index is -3.18. The van der Waals surface area contributed by atoms with E-state index in [0.29, 0.717) is 6.54 Å². The third-order valence-corrected chi connectivity index (χ3v) is 3.72. The van der Waals surface area contributed by atoms with Crippen molar-refractivity contribution in [3.63, 3.8) is 0 Å². The summed E-state index contributed by atoms with van der Waals surface area (Å²) in [6, 6.07) is 0.113. The van der Waals surface area contributed by atoms with Crippen LogP contribution in [0.2, 0.25) is 0 Å². The zero-order valence-electron chi connectivity index (χ0n) is 9.48. The van der Waals surface area contributed by atoms with Crippen LogP contribution >= 0.6 is 0 Å². The van der Waals surface area contributed by atoms with E-state index in [4.69, 9.17) is 0 Å². The summed E-state index contributed by atoms with van der Waals surface area (Å²) in [7, 11) is -3.18. The predicted molar refractivity (Wildman–Crippen MR) is 62.4 cm³/mol. The molecule has 0 aromatic carbocycles. The Morgan fingerprint density at radius 2 is 2.19 bits per heavy atom. The lowest BCUT2D eigenvalue weighted by molar-refractivity contribution is -0.121. The van der Waals surface area contributed by atoms with E-state index < -0.39 is 10.0 Å². The minimum Gasteiger partial charge on any atom is -0.353 e. The molecule has 92 valence electrons. The van der Waals surface area contributed by atoms with Crippen LogP contribution in [0.4, 0.5) is 0 Å². The summed E-state index contributed by atoms with van der Waals surface area (Å²) in [5.41, 5.74) is 0. The minimum absolute atomic E-state index is 0.113. The molecule has 1 aliphatic rings. The van der Waals surface area contributed by atoms with Gasteiger partial charge in [-0.15, -0.1) is 6.58 Å². The van der Waals surface area contributed by atoms with Gasteiger partial charge in [-0.3, -0.25) is 4.79 Å². The van der Waals surface area contributed by atoms with E-state index in [1.165, 1.54) is 10.6 Å². The molecule has 0 unspecified atom stereocenters. The summed E-state index contributed by atoms with van der Waals surface area (Å²) in [4.78, 5) is 11.3. The Labute approximate surface area is 96.6 Å². The van der Waals surface area contributed by atoms with Crippen molar-refractivity contribution in [3.8, 4) is 0 Å². The second kappa shape index (κ2) is 5.45. The van der Waals surface area contributed by atoms with Crippen molar-refractivity contribution in [1.82, 2.24) is 9.62 Å². The highest BCUT2D eigenvalue weighted by molar-refractivity contribution is 7.88. The van der Waals surface area contributed by atoms with E-state index in [0.717, 1.165) is 12.8 Å². The first-order valence-electron chi connectivity index (χ1n) is 5.29. The summed E-state index contributed by atoms with van der Waals surface area (Å²) in [5.74, 6) is -0.144. The van der Waals surface area contributed by atoms with Crippen LogP contribution < -0.4 is 5.32 Å². The topological polar surface area (TPSA) is 66.5 Å². The summed E-state index contributed by atoms with van der Waals surface area (Å²) >= 11 is 0. The van der Waals surface area contributed by atoms with Crippen LogP contribution in [-0.4, -0.2) is 44.0 Å². The molecule has 0 heterocycles. The summed E-state index contributed by atoms with van der Waals surface area (Å²) < 4.78 is 24.3. The van der Waals surface area contributed by atoms with Gasteiger partial charge in [-0.2, -0.15) is 4.31 Å². The maximum Gasteiger partial charge on any atom is 0.221 e. The highest BCUT2D eigenvalue weighted by Gasteiger charge is 2.34. The van der Waals surface area contributed by atoms with Crippen LogP contribution in [0, 0.1) is 0 Å². The van der Waals surface area contributed by atoms with Crippen molar-refractivity contribution in [2.75, 3.05) is 19.3 Å². The number of sulfonamides is 1. The molecule has 1 saturated carbocycles. The highest BCUT2D eigenvalue weighted by Crippen LogP contribution is 2.28. The van der Waals surface area contributed by atoms with Crippen LogP contribution in [0.1, 0.15) is 19.3 Å². The molecule has 1 fully saturated rings. The van der Waals surface area contributed by atoms with Crippen LogP contribution in [-0.2, 0) is 14.8 Å². The van der Waals surface area contributed by atoms with Crippen molar-refractivity contribution in [1.29, 1.82) is 0 Å². The van der Waals surface area contributed by atoms with Crippen molar-refractivity contribution in [2.45, 2.75) is 25.3 Å². The Morgan fingerprint density at radius 3 is 2.62 bits per heavy atom. The number of hydrogen-bond donors (Lipinski definition) is 1. The van der Waals surface area contributed by atoms with Crippen molar-refractivity contribution < 1.29 is 13.2 Å². The number of amides is 1. The van der Waals surface area contributed by atoms with Gasteiger partial charge >= 0.3 is 0 Å². The number of nitrogens with one attached hydrogen (secondary N) is 1. The number of nitrogens with zero attached hydrogens (tertiary/aromatic N) is 1. The first-order valence-corrected chi connectivity index (χ1v) is 7.14. The van der Waals surface area contributed by atoms with E-state index in [-0.39, 0.29) is 24.9 Å². The van der Waals surface area contributed by atoms with Crippen LogP contribution in [0.5, 0.6) is 0 Å². The fraction of sp³-hybridized carbons (Fsp3) is 0.700. The summed E-state index contributed by atoms with van der Waals surface area (Å²) in [6.45, 7) is 4.17. The number of rotatable bonds is 7. The monoisotopic (exact) mass is 246 g/mol. The van der Waals surface area contributed by atoms with Gasteiger partial charge in [0.05, 0.1) is 6.26 Å². The summed E-state index contributed by atoms with van der Waals surface area (Å²) in [6.07, 6.45) is 4.79. The zero-order chi connectivity index (χ0) is 12.2. The highest BCUT2D eigenvalue weighted by atomic mass is 32.2.